The van der Waals surface area contributed by atoms with Gasteiger partial charge < -0.3 is 0 Å². The lowest BCUT2D eigenvalue weighted by molar-refractivity contribution is 0.580. The Morgan fingerprint density at radius 1 is 1.50 bits per heavy atom. The topological polar surface area (TPSA) is 46.2 Å². The molecule has 3 nitrogen and oxygen atoms in total. The molecule has 0 aliphatic rings. The van der Waals surface area contributed by atoms with Gasteiger partial charge in [0.25, 0.3) is 0 Å². The molecule has 0 fully saturated rings. The summed E-state index contributed by atoms with van der Waals surface area (Å²) in [5.41, 5.74) is 0. The second-order valence-electron chi connectivity index (χ2n) is 2.76. The van der Waals surface area contributed by atoms with Gasteiger partial charge in [-0.05, 0) is 17.9 Å². The van der Waals surface area contributed by atoms with Crippen molar-refractivity contribution in [2.75, 3.05) is 11.6 Å². The molecule has 0 aromatic carbocycles. The predicted octanol–water partition coefficient (Wildman–Crippen LogP) is 1.80. The van der Waals surface area contributed by atoms with Crippen LogP contribution in [0.15, 0.2) is 17.5 Å². The van der Waals surface area contributed by atoms with E-state index < -0.39 is 10.0 Å². The summed E-state index contributed by atoms with van der Waals surface area (Å²) in [5, 5.41) is 1.92. The van der Waals surface area contributed by atoms with Gasteiger partial charge in [-0.25, -0.2) is 13.1 Å². The second-order valence-corrected chi connectivity index (χ2v) is 6.10. The number of sulfonamides is 1. The molecular weight excluding hydrogens is 242 g/mol. The van der Waals surface area contributed by atoms with Crippen molar-refractivity contribution >= 4 is 33.0 Å². The molecule has 0 saturated heterocycles. The van der Waals surface area contributed by atoms with Crippen LogP contribution in [-0.4, -0.2) is 20.1 Å². The average molecular weight is 254 g/mol. The lowest BCUT2D eigenvalue weighted by Crippen LogP contribution is -2.25. The fraction of sp³-hybridized carbons (Fsp3) is 0.500. The van der Waals surface area contributed by atoms with Gasteiger partial charge in [0.15, 0.2) is 0 Å². The van der Waals surface area contributed by atoms with E-state index in [1.807, 2.05) is 17.5 Å². The van der Waals surface area contributed by atoms with Crippen molar-refractivity contribution in [1.82, 2.24) is 4.72 Å². The van der Waals surface area contributed by atoms with Crippen LogP contribution in [0, 0.1) is 0 Å². The van der Waals surface area contributed by atoms with Crippen LogP contribution in [0.25, 0.3) is 0 Å². The maximum Gasteiger partial charge on any atom is 0.211 e. The first-order valence-electron chi connectivity index (χ1n) is 4.20. The second kappa shape index (κ2) is 5.70. The monoisotopic (exact) mass is 253 g/mol. The van der Waals surface area contributed by atoms with Gasteiger partial charge in [0, 0.05) is 17.3 Å². The number of hydrogen-bond donors (Lipinski definition) is 1. The molecule has 1 aromatic rings. The number of rotatable bonds is 6. The molecule has 1 aromatic heterocycles. The van der Waals surface area contributed by atoms with Crippen molar-refractivity contribution in [3.05, 3.63) is 22.4 Å². The van der Waals surface area contributed by atoms with E-state index in [-0.39, 0.29) is 5.75 Å². The molecule has 14 heavy (non-hydrogen) atoms. The largest absolute Gasteiger partial charge is 0.212 e. The summed E-state index contributed by atoms with van der Waals surface area (Å²) < 4.78 is 25.2. The van der Waals surface area contributed by atoms with Gasteiger partial charge in [0.05, 0.1) is 5.75 Å². The van der Waals surface area contributed by atoms with Crippen LogP contribution in [0.2, 0.25) is 0 Å². The highest BCUT2D eigenvalue weighted by atomic mass is 35.5. The highest BCUT2D eigenvalue weighted by molar-refractivity contribution is 7.89. The normalized spacial score (nSPS) is 11.8. The first-order chi connectivity index (χ1) is 6.64. The van der Waals surface area contributed by atoms with E-state index in [2.05, 4.69) is 4.72 Å². The van der Waals surface area contributed by atoms with E-state index in [1.54, 1.807) is 0 Å². The standard InChI is InChI=1S/C8H12ClNO2S2/c9-4-2-6-14(11,12)10-7-8-3-1-5-13-8/h1,3,5,10H,2,4,6-7H2. The molecule has 0 saturated carbocycles. The highest BCUT2D eigenvalue weighted by Crippen LogP contribution is 2.08. The SMILES string of the molecule is O=S(=O)(CCCCl)NCc1cccs1. The van der Waals surface area contributed by atoms with Crippen LogP contribution in [0.1, 0.15) is 11.3 Å². The van der Waals surface area contributed by atoms with Gasteiger partial charge in [0.2, 0.25) is 10.0 Å². The third-order valence-electron chi connectivity index (χ3n) is 1.59. The number of nitrogens with one attached hydrogen (secondary N) is 1. The Kier molecular flexibility index (Phi) is 4.88. The number of alkyl halides is 1. The van der Waals surface area contributed by atoms with Gasteiger partial charge in [-0.3, -0.25) is 0 Å². The minimum absolute atomic E-state index is 0.0991. The first-order valence-corrected chi connectivity index (χ1v) is 7.26. The number of hydrogen-bond acceptors (Lipinski definition) is 3. The van der Waals surface area contributed by atoms with Crippen LogP contribution in [0.4, 0.5) is 0 Å². The van der Waals surface area contributed by atoms with E-state index in [0.29, 0.717) is 18.8 Å². The Hall–Kier alpha value is -0.100. The Balaban J connectivity index is 2.37. The van der Waals surface area contributed by atoms with Crippen molar-refractivity contribution in [2.45, 2.75) is 13.0 Å². The zero-order valence-electron chi connectivity index (χ0n) is 7.57. The molecule has 0 bridgehead atoms. The van der Waals surface area contributed by atoms with Crippen molar-refractivity contribution in [1.29, 1.82) is 0 Å². The zero-order chi connectivity index (χ0) is 10.4. The molecule has 6 heteroatoms. The van der Waals surface area contributed by atoms with Crippen LogP contribution in [-0.2, 0) is 16.6 Å². The van der Waals surface area contributed by atoms with Gasteiger partial charge in [0.1, 0.15) is 0 Å². The Labute approximate surface area is 93.1 Å². The summed E-state index contributed by atoms with van der Waals surface area (Å²) >= 11 is 6.95. The summed E-state index contributed by atoms with van der Waals surface area (Å²) in [6, 6.07) is 3.79. The molecule has 1 N–H and O–H groups in total. The molecule has 0 atom stereocenters. The van der Waals surface area contributed by atoms with Crippen LogP contribution >= 0.6 is 22.9 Å². The van der Waals surface area contributed by atoms with Gasteiger partial charge in [-0.1, -0.05) is 6.07 Å². The lowest BCUT2D eigenvalue weighted by atomic mass is 10.5. The fourth-order valence-electron chi connectivity index (χ4n) is 0.911. The van der Waals surface area contributed by atoms with E-state index in [4.69, 9.17) is 11.6 Å². The number of thiophene rings is 1. The van der Waals surface area contributed by atoms with Crippen molar-refractivity contribution in [2.24, 2.45) is 0 Å². The molecule has 1 heterocycles. The summed E-state index contributed by atoms with van der Waals surface area (Å²) in [5.74, 6) is 0.474. The molecule has 80 valence electrons. The lowest BCUT2D eigenvalue weighted by Gasteiger charge is -2.03. The van der Waals surface area contributed by atoms with E-state index in [1.165, 1.54) is 11.3 Å². The Morgan fingerprint density at radius 3 is 2.86 bits per heavy atom. The van der Waals surface area contributed by atoms with Gasteiger partial charge in [-0.15, -0.1) is 22.9 Å². The zero-order valence-corrected chi connectivity index (χ0v) is 9.96. The maximum absolute atomic E-state index is 11.3. The fourth-order valence-corrected chi connectivity index (χ4v) is 2.98. The van der Waals surface area contributed by atoms with Gasteiger partial charge in [-0.2, -0.15) is 0 Å². The third-order valence-corrected chi connectivity index (χ3v) is 4.15. The number of halogens is 1. The van der Waals surface area contributed by atoms with Gasteiger partial charge >= 0.3 is 0 Å². The van der Waals surface area contributed by atoms with Crippen molar-refractivity contribution in [3.63, 3.8) is 0 Å². The first kappa shape index (κ1) is 12.0. The molecule has 0 aliphatic carbocycles. The Bertz CT molecular complexity index is 347. The minimum atomic E-state index is -3.15. The van der Waals surface area contributed by atoms with E-state index in [0.717, 1.165) is 4.88 Å². The van der Waals surface area contributed by atoms with Crippen molar-refractivity contribution < 1.29 is 8.42 Å². The molecular formula is C8H12ClNO2S2. The van der Waals surface area contributed by atoms with Crippen LogP contribution in [0.3, 0.4) is 0 Å². The summed E-state index contributed by atoms with van der Waals surface area (Å²) in [6.07, 6.45) is 0.487. The molecule has 0 amide bonds. The quantitative estimate of drug-likeness (QED) is 0.786. The smallest absolute Gasteiger partial charge is 0.211 e. The van der Waals surface area contributed by atoms with E-state index >= 15 is 0 Å². The molecule has 0 radical (unpaired) electrons. The Morgan fingerprint density at radius 2 is 2.29 bits per heavy atom. The summed E-state index contributed by atoms with van der Waals surface area (Å²) in [6.45, 7) is 0.377. The van der Waals surface area contributed by atoms with Crippen molar-refractivity contribution in [3.8, 4) is 0 Å². The highest BCUT2D eigenvalue weighted by Gasteiger charge is 2.08. The van der Waals surface area contributed by atoms with Crippen LogP contribution in [0.5, 0.6) is 0 Å². The van der Waals surface area contributed by atoms with E-state index in [9.17, 15) is 8.42 Å². The summed E-state index contributed by atoms with van der Waals surface area (Å²) in [4.78, 5) is 1.01. The molecule has 0 unspecified atom stereocenters. The van der Waals surface area contributed by atoms with Crippen LogP contribution < -0.4 is 4.72 Å². The average Bonchev–Trinajstić information content (AvgIpc) is 2.64. The molecule has 0 spiro atoms. The maximum atomic E-state index is 11.3. The molecule has 1 rings (SSSR count). The summed E-state index contributed by atoms with van der Waals surface area (Å²) in [7, 11) is -3.15. The minimum Gasteiger partial charge on any atom is -0.212 e. The predicted molar refractivity (Wildman–Crippen MR) is 60.3 cm³/mol. The molecule has 0 aliphatic heterocycles. The third kappa shape index (κ3) is 4.41.